The molecule has 24 heavy (non-hydrogen) atoms. The van der Waals surface area contributed by atoms with Crippen molar-refractivity contribution in [3.63, 3.8) is 0 Å². The number of anilines is 1. The average Bonchev–Trinajstić information content (AvgIpc) is 3.04. The number of hydrogen-bond donors (Lipinski definition) is 1. The molecule has 1 atom stereocenters. The Labute approximate surface area is 142 Å². The summed E-state index contributed by atoms with van der Waals surface area (Å²) in [5, 5.41) is 10.4. The van der Waals surface area contributed by atoms with Crippen LogP contribution < -0.4 is 5.32 Å². The summed E-state index contributed by atoms with van der Waals surface area (Å²) in [6.07, 6.45) is 0. The van der Waals surface area contributed by atoms with E-state index in [1.165, 1.54) is 18.2 Å². The molecule has 3 aromatic rings. The van der Waals surface area contributed by atoms with Crippen LogP contribution in [0.3, 0.4) is 0 Å². The summed E-state index contributed by atoms with van der Waals surface area (Å²) in [6.45, 7) is 1.71. The molecule has 0 radical (unpaired) electrons. The molecule has 1 N–H and O–H groups in total. The number of carbonyl (C=O) groups excluding carboxylic acids is 1. The number of benzene rings is 2. The minimum atomic E-state index is -0.475. The highest BCUT2D eigenvalue weighted by molar-refractivity contribution is 8.00. The van der Waals surface area contributed by atoms with Gasteiger partial charge in [0.25, 0.3) is 5.22 Å². The van der Waals surface area contributed by atoms with Crippen molar-refractivity contribution in [2.75, 3.05) is 5.32 Å². The second-order valence-corrected chi connectivity index (χ2v) is 6.29. The lowest BCUT2D eigenvalue weighted by Crippen LogP contribution is -2.22. The summed E-state index contributed by atoms with van der Waals surface area (Å²) in [6, 6.07) is 15.1. The molecule has 0 aliphatic heterocycles. The minimum absolute atomic E-state index is 0.273. The molecule has 2 aromatic carbocycles. The van der Waals surface area contributed by atoms with Crippen LogP contribution in [0, 0.1) is 5.82 Å². The maximum atomic E-state index is 13.1. The van der Waals surface area contributed by atoms with Gasteiger partial charge in [0.05, 0.1) is 5.25 Å². The molecule has 0 saturated heterocycles. The van der Waals surface area contributed by atoms with E-state index < -0.39 is 11.1 Å². The summed E-state index contributed by atoms with van der Waals surface area (Å²) in [5.74, 6) is -0.279. The summed E-state index contributed by atoms with van der Waals surface area (Å²) in [7, 11) is 0. The molecule has 0 aliphatic carbocycles. The fourth-order valence-electron chi connectivity index (χ4n) is 1.97. The number of thioether (sulfide) groups is 1. The Morgan fingerprint density at radius 2 is 1.96 bits per heavy atom. The number of amides is 1. The average molecular weight is 343 g/mol. The third-order valence-electron chi connectivity index (χ3n) is 3.17. The first-order valence-corrected chi connectivity index (χ1v) is 8.12. The number of aromatic nitrogens is 2. The zero-order valence-corrected chi connectivity index (χ0v) is 13.6. The lowest BCUT2D eigenvalue weighted by atomic mass is 10.2. The maximum Gasteiger partial charge on any atom is 0.277 e. The molecule has 7 heteroatoms. The number of hydrogen-bond acceptors (Lipinski definition) is 5. The highest BCUT2D eigenvalue weighted by Crippen LogP contribution is 2.26. The molecular formula is C17H14FN3O2S. The van der Waals surface area contributed by atoms with Gasteiger partial charge in [-0.2, -0.15) is 0 Å². The smallest absolute Gasteiger partial charge is 0.277 e. The second-order valence-electron chi connectivity index (χ2n) is 5.00. The zero-order chi connectivity index (χ0) is 16.9. The van der Waals surface area contributed by atoms with E-state index in [9.17, 15) is 9.18 Å². The van der Waals surface area contributed by atoms with Crippen LogP contribution >= 0.6 is 11.8 Å². The molecule has 3 rings (SSSR count). The van der Waals surface area contributed by atoms with Crippen molar-refractivity contribution in [1.29, 1.82) is 0 Å². The normalized spacial score (nSPS) is 11.9. The Hall–Kier alpha value is -2.67. The third-order valence-corrected chi connectivity index (χ3v) is 4.10. The van der Waals surface area contributed by atoms with Gasteiger partial charge in [-0.15, -0.1) is 10.2 Å². The fraction of sp³-hybridized carbons (Fsp3) is 0.118. The third kappa shape index (κ3) is 3.99. The van der Waals surface area contributed by atoms with E-state index in [-0.39, 0.29) is 5.91 Å². The standard InChI is InChI=1S/C17H14FN3O2S/c1-11(15(22)19-14-9-5-8-13(18)10-14)24-17-21-20-16(23-17)12-6-3-2-4-7-12/h2-11H,1H3,(H,19,22). The molecule has 0 aliphatic rings. The van der Waals surface area contributed by atoms with Crippen molar-refractivity contribution in [1.82, 2.24) is 10.2 Å². The van der Waals surface area contributed by atoms with Crippen LogP contribution in [0.25, 0.3) is 11.5 Å². The van der Waals surface area contributed by atoms with Crippen LogP contribution in [0.1, 0.15) is 6.92 Å². The predicted octanol–water partition coefficient (Wildman–Crippen LogP) is 4.00. The van der Waals surface area contributed by atoms with Crippen LogP contribution in [0.4, 0.5) is 10.1 Å². The van der Waals surface area contributed by atoms with E-state index in [4.69, 9.17) is 4.42 Å². The summed E-state index contributed by atoms with van der Waals surface area (Å²) in [5.41, 5.74) is 1.22. The molecule has 0 bridgehead atoms. The number of halogens is 1. The van der Waals surface area contributed by atoms with Gasteiger partial charge < -0.3 is 9.73 Å². The Morgan fingerprint density at radius 1 is 1.17 bits per heavy atom. The molecular weight excluding hydrogens is 329 g/mol. The van der Waals surface area contributed by atoms with Gasteiger partial charge in [-0.25, -0.2) is 4.39 Å². The Balaban J connectivity index is 1.63. The minimum Gasteiger partial charge on any atom is -0.411 e. The van der Waals surface area contributed by atoms with Gasteiger partial charge in [0.1, 0.15) is 5.82 Å². The van der Waals surface area contributed by atoms with Crippen LogP contribution in [0.15, 0.2) is 64.2 Å². The topological polar surface area (TPSA) is 68.0 Å². The Morgan fingerprint density at radius 3 is 2.71 bits per heavy atom. The van der Waals surface area contributed by atoms with E-state index in [0.717, 1.165) is 17.3 Å². The van der Waals surface area contributed by atoms with Gasteiger partial charge in [0.2, 0.25) is 11.8 Å². The van der Waals surface area contributed by atoms with Crippen molar-refractivity contribution < 1.29 is 13.6 Å². The van der Waals surface area contributed by atoms with E-state index >= 15 is 0 Å². The second kappa shape index (κ2) is 7.27. The number of nitrogens with one attached hydrogen (secondary N) is 1. The van der Waals surface area contributed by atoms with Crippen LogP contribution in [0.5, 0.6) is 0 Å². The largest absolute Gasteiger partial charge is 0.411 e. The van der Waals surface area contributed by atoms with Crippen LogP contribution in [-0.2, 0) is 4.79 Å². The van der Waals surface area contributed by atoms with E-state index in [0.29, 0.717) is 16.8 Å². The molecule has 1 unspecified atom stereocenters. The molecule has 122 valence electrons. The summed E-state index contributed by atoms with van der Waals surface area (Å²) < 4.78 is 18.7. The van der Waals surface area contributed by atoms with Gasteiger partial charge in [-0.1, -0.05) is 36.0 Å². The van der Waals surface area contributed by atoms with Gasteiger partial charge in [-0.3, -0.25) is 4.79 Å². The van der Waals surface area contributed by atoms with Gasteiger partial charge in [0.15, 0.2) is 0 Å². The zero-order valence-electron chi connectivity index (χ0n) is 12.8. The van der Waals surface area contributed by atoms with E-state index in [1.54, 1.807) is 13.0 Å². The van der Waals surface area contributed by atoms with Crippen molar-refractivity contribution >= 4 is 23.4 Å². The molecule has 0 fully saturated rings. The first-order valence-electron chi connectivity index (χ1n) is 7.24. The lowest BCUT2D eigenvalue weighted by molar-refractivity contribution is -0.115. The Bertz CT molecular complexity index is 839. The fourth-order valence-corrected chi connectivity index (χ4v) is 2.65. The SMILES string of the molecule is CC(Sc1nnc(-c2ccccc2)o1)C(=O)Nc1cccc(F)c1. The lowest BCUT2D eigenvalue weighted by Gasteiger charge is -2.09. The maximum absolute atomic E-state index is 13.1. The van der Waals surface area contributed by atoms with E-state index in [1.807, 2.05) is 30.3 Å². The summed E-state index contributed by atoms with van der Waals surface area (Å²) >= 11 is 1.14. The highest BCUT2D eigenvalue weighted by atomic mass is 32.2. The molecule has 1 amide bonds. The Kier molecular flexibility index (Phi) is 4.90. The molecule has 0 spiro atoms. The van der Waals surface area contributed by atoms with E-state index in [2.05, 4.69) is 15.5 Å². The molecule has 1 aromatic heterocycles. The number of carbonyl (C=O) groups is 1. The van der Waals surface area contributed by atoms with Crippen LogP contribution in [-0.4, -0.2) is 21.4 Å². The summed E-state index contributed by atoms with van der Waals surface area (Å²) in [4.78, 5) is 12.2. The molecule has 5 nitrogen and oxygen atoms in total. The first kappa shape index (κ1) is 16.2. The monoisotopic (exact) mass is 343 g/mol. The van der Waals surface area contributed by atoms with Gasteiger partial charge in [0, 0.05) is 11.3 Å². The van der Waals surface area contributed by atoms with Crippen molar-refractivity contribution in [3.05, 3.63) is 60.4 Å². The number of nitrogens with zero attached hydrogens (tertiary/aromatic N) is 2. The van der Waals surface area contributed by atoms with Crippen molar-refractivity contribution in [3.8, 4) is 11.5 Å². The van der Waals surface area contributed by atoms with Crippen molar-refractivity contribution in [2.45, 2.75) is 17.4 Å². The van der Waals surface area contributed by atoms with Gasteiger partial charge in [-0.05, 0) is 37.3 Å². The van der Waals surface area contributed by atoms with Crippen LogP contribution in [0.2, 0.25) is 0 Å². The predicted molar refractivity (Wildman–Crippen MR) is 90.1 cm³/mol. The first-order chi connectivity index (χ1) is 11.6. The quantitative estimate of drug-likeness (QED) is 0.709. The molecule has 1 heterocycles. The van der Waals surface area contributed by atoms with Crippen molar-refractivity contribution in [2.24, 2.45) is 0 Å². The highest BCUT2D eigenvalue weighted by Gasteiger charge is 2.19. The number of rotatable bonds is 5. The molecule has 0 saturated carbocycles. The van der Waals surface area contributed by atoms with Gasteiger partial charge >= 0.3 is 0 Å².